The zero-order valence-electron chi connectivity index (χ0n) is 15.4. The van der Waals surface area contributed by atoms with Crippen LogP contribution >= 0.6 is 0 Å². The third kappa shape index (κ3) is 4.25. The standard InChI is InChI=1S/C20H22N4O3/c1-23(2)15-9-7-14(8-10-15)13-18(25)21-11-12-24-20(27)17-6-4-3-5-16(17)19(26)22-24/h3-10H,11-13H2,1-2H3,(H,21,25)(H,22,26). The molecule has 140 valence electrons. The van der Waals surface area contributed by atoms with Crippen molar-refractivity contribution in [3.63, 3.8) is 0 Å². The lowest BCUT2D eigenvalue weighted by Gasteiger charge is -2.12. The first kappa shape index (κ1) is 18.4. The summed E-state index contributed by atoms with van der Waals surface area (Å²) in [5.74, 6) is -0.135. The van der Waals surface area contributed by atoms with Crippen molar-refractivity contribution in [2.75, 3.05) is 25.5 Å². The molecule has 1 amide bonds. The number of H-pyrrole nitrogens is 1. The molecule has 0 aliphatic heterocycles. The number of fused-ring (bicyclic) bond motifs is 1. The second kappa shape index (κ2) is 7.90. The fraction of sp³-hybridized carbons (Fsp3) is 0.250. The van der Waals surface area contributed by atoms with Crippen LogP contribution in [0, 0.1) is 0 Å². The van der Waals surface area contributed by atoms with Gasteiger partial charge in [-0.05, 0) is 29.8 Å². The van der Waals surface area contributed by atoms with Crippen molar-refractivity contribution in [1.29, 1.82) is 0 Å². The molecule has 7 heteroatoms. The summed E-state index contributed by atoms with van der Waals surface area (Å²) >= 11 is 0. The zero-order valence-corrected chi connectivity index (χ0v) is 15.4. The van der Waals surface area contributed by atoms with Gasteiger partial charge in [-0.2, -0.15) is 0 Å². The Kier molecular flexibility index (Phi) is 5.40. The highest BCUT2D eigenvalue weighted by atomic mass is 16.2. The summed E-state index contributed by atoms with van der Waals surface area (Å²) in [5.41, 5.74) is 1.38. The minimum absolute atomic E-state index is 0.135. The Hall–Kier alpha value is -3.35. The molecule has 3 aromatic rings. The average molecular weight is 366 g/mol. The molecule has 2 N–H and O–H groups in total. The number of aromatic amines is 1. The molecule has 0 fully saturated rings. The van der Waals surface area contributed by atoms with Crippen LogP contribution in [0.15, 0.2) is 58.1 Å². The minimum atomic E-state index is -0.322. The molecule has 3 rings (SSSR count). The molecular formula is C20H22N4O3. The summed E-state index contributed by atoms with van der Waals surface area (Å²) in [4.78, 5) is 38.6. The number of carbonyl (C=O) groups is 1. The quantitative estimate of drug-likeness (QED) is 0.684. The molecule has 0 saturated carbocycles. The van der Waals surface area contributed by atoms with E-state index in [9.17, 15) is 14.4 Å². The van der Waals surface area contributed by atoms with E-state index in [2.05, 4.69) is 10.4 Å². The third-order valence-corrected chi connectivity index (χ3v) is 4.36. The van der Waals surface area contributed by atoms with Gasteiger partial charge in [-0.1, -0.05) is 24.3 Å². The molecule has 1 aromatic heterocycles. The summed E-state index contributed by atoms with van der Waals surface area (Å²) in [7, 11) is 3.92. The summed E-state index contributed by atoms with van der Waals surface area (Å²) < 4.78 is 1.23. The van der Waals surface area contributed by atoms with E-state index in [0.29, 0.717) is 10.8 Å². The van der Waals surface area contributed by atoms with E-state index in [1.165, 1.54) is 4.68 Å². The van der Waals surface area contributed by atoms with Crippen LogP contribution in [0.3, 0.4) is 0 Å². The topological polar surface area (TPSA) is 87.2 Å². The molecule has 0 atom stereocenters. The smallest absolute Gasteiger partial charge is 0.273 e. The molecule has 0 unspecified atom stereocenters. The van der Waals surface area contributed by atoms with Gasteiger partial charge < -0.3 is 10.2 Å². The highest BCUT2D eigenvalue weighted by Crippen LogP contribution is 2.12. The van der Waals surface area contributed by atoms with Crippen LogP contribution in [0.25, 0.3) is 10.8 Å². The number of amides is 1. The number of hydrogen-bond donors (Lipinski definition) is 2. The van der Waals surface area contributed by atoms with Gasteiger partial charge in [0, 0.05) is 26.3 Å². The van der Waals surface area contributed by atoms with Crippen LogP contribution in [-0.4, -0.2) is 36.3 Å². The van der Waals surface area contributed by atoms with E-state index in [-0.39, 0.29) is 36.5 Å². The first-order valence-corrected chi connectivity index (χ1v) is 8.70. The van der Waals surface area contributed by atoms with Gasteiger partial charge in [0.05, 0.1) is 23.7 Å². The number of benzene rings is 2. The molecule has 0 aliphatic rings. The summed E-state index contributed by atoms with van der Waals surface area (Å²) in [6.07, 6.45) is 0.261. The molecule has 0 radical (unpaired) electrons. The van der Waals surface area contributed by atoms with E-state index in [0.717, 1.165) is 11.3 Å². The molecule has 27 heavy (non-hydrogen) atoms. The maximum Gasteiger partial charge on any atom is 0.273 e. The number of nitrogens with one attached hydrogen (secondary N) is 2. The summed E-state index contributed by atoms with van der Waals surface area (Å²) in [6, 6.07) is 14.4. The van der Waals surface area contributed by atoms with Crippen LogP contribution < -0.4 is 21.3 Å². The van der Waals surface area contributed by atoms with Gasteiger partial charge in [-0.15, -0.1) is 0 Å². The SMILES string of the molecule is CN(C)c1ccc(CC(=O)NCCn2[nH]c(=O)c3ccccc3c2=O)cc1. The predicted molar refractivity (Wildman–Crippen MR) is 106 cm³/mol. The number of rotatable bonds is 6. The van der Waals surface area contributed by atoms with Crippen molar-refractivity contribution < 1.29 is 4.79 Å². The van der Waals surface area contributed by atoms with Crippen molar-refractivity contribution in [2.24, 2.45) is 0 Å². The molecule has 0 saturated heterocycles. The maximum atomic E-state index is 12.4. The van der Waals surface area contributed by atoms with Crippen LogP contribution in [0.2, 0.25) is 0 Å². The van der Waals surface area contributed by atoms with E-state index in [1.807, 2.05) is 43.3 Å². The molecule has 2 aromatic carbocycles. The minimum Gasteiger partial charge on any atom is -0.378 e. The van der Waals surface area contributed by atoms with Gasteiger partial charge in [-0.25, -0.2) is 4.68 Å². The molecule has 0 aliphatic carbocycles. The first-order chi connectivity index (χ1) is 13.0. The third-order valence-electron chi connectivity index (χ3n) is 4.36. The summed E-state index contributed by atoms with van der Waals surface area (Å²) in [5, 5.41) is 6.07. The molecule has 7 nitrogen and oxygen atoms in total. The van der Waals surface area contributed by atoms with Gasteiger partial charge in [0.25, 0.3) is 11.1 Å². The lowest BCUT2D eigenvalue weighted by atomic mass is 10.1. The van der Waals surface area contributed by atoms with Crippen molar-refractivity contribution in [3.8, 4) is 0 Å². The molecule has 1 heterocycles. The van der Waals surface area contributed by atoms with Gasteiger partial charge in [0.2, 0.25) is 5.91 Å². The number of nitrogens with zero attached hydrogens (tertiary/aromatic N) is 2. The van der Waals surface area contributed by atoms with Gasteiger partial charge in [-0.3, -0.25) is 19.5 Å². The summed E-state index contributed by atoms with van der Waals surface area (Å²) in [6.45, 7) is 0.451. The lowest BCUT2D eigenvalue weighted by Crippen LogP contribution is -2.35. The molecule has 0 bridgehead atoms. The van der Waals surface area contributed by atoms with E-state index in [4.69, 9.17) is 0 Å². The van der Waals surface area contributed by atoms with Crippen molar-refractivity contribution in [3.05, 3.63) is 74.8 Å². The fourth-order valence-electron chi connectivity index (χ4n) is 2.87. The van der Waals surface area contributed by atoms with Crippen molar-refractivity contribution >= 4 is 22.4 Å². The maximum absolute atomic E-state index is 12.4. The number of hydrogen-bond acceptors (Lipinski definition) is 4. The average Bonchev–Trinajstić information content (AvgIpc) is 2.66. The Labute approximate surface area is 156 Å². The predicted octanol–water partition coefficient (Wildman–Crippen LogP) is 1.11. The van der Waals surface area contributed by atoms with Crippen LogP contribution in [0.4, 0.5) is 5.69 Å². The van der Waals surface area contributed by atoms with E-state index in [1.54, 1.807) is 24.3 Å². The Morgan fingerprint density at radius 2 is 1.70 bits per heavy atom. The second-order valence-electron chi connectivity index (χ2n) is 6.53. The first-order valence-electron chi connectivity index (χ1n) is 8.70. The lowest BCUT2D eigenvalue weighted by molar-refractivity contribution is -0.120. The fourth-order valence-corrected chi connectivity index (χ4v) is 2.87. The monoisotopic (exact) mass is 366 g/mol. The van der Waals surface area contributed by atoms with Gasteiger partial charge in [0.15, 0.2) is 0 Å². The number of anilines is 1. The Morgan fingerprint density at radius 3 is 2.37 bits per heavy atom. The Morgan fingerprint density at radius 1 is 1.04 bits per heavy atom. The molecule has 0 spiro atoms. The highest BCUT2D eigenvalue weighted by molar-refractivity contribution is 5.80. The number of aromatic nitrogens is 2. The van der Waals surface area contributed by atoms with Crippen LogP contribution in [-0.2, 0) is 17.8 Å². The zero-order chi connectivity index (χ0) is 19.4. The Balaban J connectivity index is 1.60. The van der Waals surface area contributed by atoms with Crippen molar-refractivity contribution in [2.45, 2.75) is 13.0 Å². The van der Waals surface area contributed by atoms with Gasteiger partial charge in [0.1, 0.15) is 0 Å². The van der Waals surface area contributed by atoms with Crippen LogP contribution in [0.5, 0.6) is 0 Å². The van der Waals surface area contributed by atoms with E-state index >= 15 is 0 Å². The highest BCUT2D eigenvalue weighted by Gasteiger charge is 2.08. The Bertz CT molecular complexity index is 1070. The number of carbonyl (C=O) groups excluding carboxylic acids is 1. The normalized spacial score (nSPS) is 10.7. The van der Waals surface area contributed by atoms with Gasteiger partial charge >= 0.3 is 0 Å². The second-order valence-corrected chi connectivity index (χ2v) is 6.53. The van der Waals surface area contributed by atoms with Crippen LogP contribution in [0.1, 0.15) is 5.56 Å². The molecular weight excluding hydrogens is 344 g/mol. The van der Waals surface area contributed by atoms with Crippen molar-refractivity contribution in [1.82, 2.24) is 15.1 Å². The largest absolute Gasteiger partial charge is 0.378 e. The van der Waals surface area contributed by atoms with E-state index < -0.39 is 0 Å².